The van der Waals surface area contributed by atoms with E-state index in [1.807, 2.05) is 12.1 Å². The van der Waals surface area contributed by atoms with Crippen molar-refractivity contribution in [1.29, 1.82) is 0 Å². The number of nitrogens with zero attached hydrogens (tertiary/aromatic N) is 2. The smallest absolute Gasteiger partial charge is 0.195 e. The molecule has 2 rings (SSSR count). The highest BCUT2D eigenvalue weighted by Gasteiger charge is 2.04. The van der Waals surface area contributed by atoms with Crippen LogP contribution in [0.1, 0.15) is 0 Å². The van der Waals surface area contributed by atoms with E-state index in [1.165, 1.54) is 17.8 Å². The summed E-state index contributed by atoms with van der Waals surface area (Å²) in [5, 5.41) is 1.86. The van der Waals surface area contributed by atoms with Crippen molar-refractivity contribution >= 4 is 46.6 Å². The molecule has 0 amide bonds. The van der Waals surface area contributed by atoms with Crippen LogP contribution >= 0.6 is 46.6 Å². The van der Waals surface area contributed by atoms with Gasteiger partial charge in [-0.05, 0) is 36.0 Å². The monoisotopic (exact) mass is 290 g/mol. The maximum Gasteiger partial charge on any atom is 0.195 e. The number of rotatable bonds is 2. The van der Waals surface area contributed by atoms with Crippen molar-refractivity contribution in [3.8, 4) is 0 Å². The highest BCUT2D eigenvalue weighted by molar-refractivity contribution is 7.99. The zero-order chi connectivity index (χ0) is 11.5. The summed E-state index contributed by atoms with van der Waals surface area (Å²) in [5.74, 6) is 0. The lowest BCUT2D eigenvalue weighted by Crippen LogP contribution is -1.87. The minimum atomic E-state index is 0.330. The van der Waals surface area contributed by atoms with Crippen LogP contribution in [0.3, 0.4) is 0 Å². The van der Waals surface area contributed by atoms with Gasteiger partial charge >= 0.3 is 0 Å². The summed E-state index contributed by atoms with van der Waals surface area (Å²) in [7, 11) is 0. The second-order valence-electron chi connectivity index (χ2n) is 2.85. The first-order chi connectivity index (χ1) is 7.63. The first kappa shape index (κ1) is 12.0. The quantitative estimate of drug-likeness (QED) is 0.598. The molecular weight excluding hydrogens is 287 g/mol. The van der Waals surface area contributed by atoms with E-state index >= 15 is 0 Å². The average molecular weight is 292 g/mol. The molecule has 0 unspecified atom stereocenters. The molecule has 1 heterocycles. The lowest BCUT2D eigenvalue weighted by Gasteiger charge is -2.01. The third kappa shape index (κ3) is 3.25. The van der Waals surface area contributed by atoms with Crippen molar-refractivity contribution in [1.82, 2.24) is 9.97 Å². The topological polar surface area (TPSA) is 25.8 Å². The van der Waals surface area contributed by atoms with Crippen LogP contribution in [0.5, 0.6) is 0 Å². The molecule has 0 saturated heterocycles. The van der Waals surface area contributed by atoms with Crippen LogP contribution in [0.4, 0.5) is 0 Å². The minimum absolute atomic E-state index is 0.330. The molecule has 0 atom stereocenters. The number of halogens is 3. The Morgan fingerprint density at radius 2 is 1.44 bits per heavy atom. The molecule has 2 aromatic rings. The Kier molecular flexibility index (Phi) is 3.92. The molecular formula is C10H5Cl3N2S. The van der Waals surface area contributed by atoms with E-state index in [1.54, 1.807) is 12.1 Å². The van der Waals surface area contributed by atoms with Crippen LogP contribution in [0.15, 0.2) is 40.4 Å². The van der Waals surface area contributed by atoms with E-state index in [-0.39, 0.29) is 0 Å². The highest BCUT2D eigenvalue weighted by atomic mass is 35.5. The molecule has 1 aromatic carbocycles. The Labute approximate surface area is 112 Å². The zero-order valence-corrected chi connectivity index (χ0v) is 10.9. The van der Waals surface area contributed by atoms with Crippen molar-refractivity contribution in [2.24, 2.45) is 0 Å². The molecule has 0 N–H and O–H groups in total. The lowest BCUT2D eigenvalue weighted by atomic mass is 10.4. The van der Waals surface area contributed by atoms with Gasteiger partial charge in [0.25, 0.3) is 0 Å². The van der Waals surface area contributed by atoms with Crippen molar-refractivity contribution in [3.05, 3.63) is 45.7 Å². The Morgan fingerprint density at radius 1 is 0.875 bits per heavy atom. The maximum atomic E-state index is 5.78. The second kappa shape index (κ2) is 5.23. The van der Waals surface area contributed by atoms with Crippen molar-refractivity contribution in [3.63, 3.8) is 0 Å². The summed E-state index contributed by atoms with van der Waals surface area (Å²) in [5.41, 5.74) is 0. The van der Waals surface area contributed by atoms with Gasteiger partial charge in [-0.15, -0.1) is 0 Å². The first-order valence-corrected chi connectivity index (χ1v) is 6.22. The molecule has 0 aliphatic carbocycles. The molecule has 0 aliphatic rings. The molecule has 0 aliphatic heterocycles. The van der Waals surface area contributed by atoms with Crippen molar-refractivity contribution in [2.45, 2.75) is 10.1 Å². The van der Waals surface area contributed by atoms with Gasteiger partial charge in [0.05, 0.1) is 0 Å². The molecule has 0 bridgehead atoms. The van der Waals surface area contributed by atoms with Gasteiger partial charge in [-0.1, -0.05) is 34.8 Å². The van der Waals surface area contributed by atoms with Crippen LogP contribution < -0.4 is 0 Å². The van der Waals surface area contributed by atoms with E-state index in [2.05, 4.69) is 9.97 Å². The highest BCUT2D eigenvalue weighted by Crippen LogP contribution is 2.27. The lowest BCUT2D eigenvalue weighted by molar-refractivity contribution is 0.968. The van der Waals surface area contributed by atoms with Crippen LogP contribution in [0, 0.1) is 0 Å². The molecule has 0 radical (unpaired) electrons. The van der Waals surface area contributed by atoms with Gasteiger partial charge < -0.3 is 0 Å². The summed E-state index contributed by atoms with van der Waals surface area (Å²) in [6.45, 7) is 0. The molecule has 1 aromatic heterocycles. The van der Waals surface area contributed by atoms with Gasteiger partial charge in [0.15, 0.2) is 5.16 Å². The van der Waals surface area contributed by atoms with Crippen LogP contribution in [-0.4, -0.2) is 9.97 Å². The third-order valence-electron chi connectivity index (χ3n) is 1.67. The maximum absolute atomic E-state index is 5.78. The molecule has 0 saturated carbocycles. The SMILES string of the molecule is Clc1ccc(Sc2nc(Cl)cc(Cl)n2)cc1. The number of hydrogen-bond donors (Lipinski definition) is 0. The van der Waals surface area contributed by atoms with Crippen molar-refractivity contribution < 1.29 is 0 Å². The zero-order valence-electron chi connectivity index (χ0n) is 7.82. The summed E-state index contributed by atoms with van der Waals surface area (Å²) >= 11 is 18.7. The second-order valence-corrected chi connectivity index (χ2v) is 5.10. The molecule has 6 heteroatoms. The summed E-state index contributed by atoms with van der Waals surface area (Å²) in [6.07, 6.45) is 0. The van der Waals surface area contributed by atoms with Crippen LogP contribution in [0.25, 0.3) is 0 Å². The fourth-order valence-corrected chi connectivity index (χ4v) is 2.44. The van der Waals surface area contributed by atoms with Crippen LogP contribution in [-0.2, 0) is 0 Å². The van der Waals surface area contributed by atoms with Gasteiger partial charge in [0.1, 0.15) is 10.3 Å². The van der Waals surface area contributed by atoms with E-state index in [4.69, 9.17) is 34.8 Å². The van der Waals surface area contributed by atoms with Crippen LogP contribution in [0.2, 0.25) is 15.3 Å². The Hall–Kier alpha value is -0.480. The van der Waals surface area contributed by atoms with Gasteiger partial charge in [0, 0.05) is 16.0 Å². The molecule has 82 valence electrons. The predicted molar refractivity (Wildman–Crippen MR) is 67.6 cm³/mol. The molecule has 0 spiro atoms. The standard InChI is InChI=1S/C10H5Cl3N2S/c11-6-1-3-7(4-2-6)16-10-14-8(12)5-9(13)15-10/h1-5H. The fourth-order valence-electron chi connectivity index (χ4n) is 1.02. The number of hydrogen-bond acceptors (Lipinski definition) is 3. The Balaban J connectivity index is 2.23. The van der Waals surface area contributed by atoms with Gasteiger partial charge in [-0.2, -0.15) is 0 Å². The predicted octanol–water partition coefficient (Wildman–Crippen LogP) is 4.59. The van der Waals surface area contributed by atoms with E-state index in [0.717, 1.165) is 4.90 Å². The minimum Gasteiger partial charge on any atom is -0.210 e. The van der Waals surface area contributed by atoms with E-state index in [0.29, 0.717) is 20.5 Å². The summed E-state index contributed by atoms with van der Waals surface area (Å²) in [4.78, 5) is 9.08. The Bertz CT molecular complexity index is 482. The molecule has 0 fully saturated rings. The van der Waals surface area contributed by atoms with Gasteiger partial charge in [-0.3, -0.25) is 0 Å². The van der Waals surface area contributed by atoms with E-state index < -0.39 is 0 Å². The summed E-state index contributed by atoms with van der Waals surface area (Å²) < 4.78 is 0. The van der Waals surface area contributed by atoms with Gasteiger partial charge in [0.2, 0.25) is 0 Å². The number of benzene rings is 1. The Morgan fingerprint density at radius 3 is 2.00 bits per heavy atom. The van der Waals surface area contributed by atoms with Gasteiger partial charge in [-0.25, -0.2) is 9.97 Å². The average Bonchev–Trinajstić information content (AvgIpc) is 2.20. The summed E-state index contributed by atoms with van der Waals surface area (Å²) in [6, 6.07) is 8.86. The fraction of sp³-hybridized carbons (Fsp3) is 0. The molecule has 2 nitrogen and oxygen atoms in total. The largest absolute Gasteiger partial charge is 0.210 e. The third-order valence-corrected chi connectivity index (χ3v) is 3.18. The first-order valence-electron chi connectivity index (χ1n) is 4.27. The normalized spacial score (nSPS) is 10.4. The molecule has 16 heavy (non-hydrogen) atoms. The number of aromatic nitrogens is 2. The van der Waals surface area contributed by atoms with Crippen molar-refractivity contribution in [2.75, 3.05) is 0 Å². The van der Waals surface area contributed by atoms with E-state index in [9.17, 15) is 0 Å².